The van der Waals surface area contributed by atoms with Gasteiger partial charge in [-0.05, 0) is 24.6 Å². The van der Waals surface area contributed by atoms with Gasteiger partial charge in [0.15, 0.2) is 0 Å². The average Bonchev–Trinajstić information content (AvgIpc) is 2.40. The number of benzene rings is 1. The van der Waals surface area contributed by atoms with E-state index in [0.29, 0.717) is 22.2 Å². The molecule has 0 saturated carbocycles. The van der Waals surface area contributed by atoms with E-state index in [1.807, 2.05) is 6.92 Å². The van der Waals surface area contributed by atoms with E-state index >= 15 is 0 Å². The lowest BCUT2D eigenvalue weighted by Crippen LogP contribution is -2.21. The highest BCUT2D eigenvalue weighted by molar-refractivity contribution is 7.53. The number of hydrogen-bond acceptors (Lipinski definition) is 4. The van der Waals surface area contributed by atoms with Gasteiger partial charge in [0.1, 0.15) is 11.9 Å². The van der Waals surface area contributed by atoms with Crippen molar-refractivity contribution in [2.45, 2.75) is 19.4 Å². The molecular weight excluding hydrogens is 310 g/mol. The Morgan fingerprint density at radius 3 is 2.37 bits per heavy atom. The monoisotopic (exact) mass is 326 g/mol. The van der Waals surface area contributed by atoms with Gasteiger partial charge >= 0.3 is 7.60 Å². The molecule has 0 bridgehead atoms. The van der Waals surface area contributed by atoms with Crippen LogP contribution >= 0.6 is 30.8 Å². The quantitative estimate of drug-likeness (QED) is 0.685. The summed E-state index contributed by atoms with van der Waals surface area (Å²) in [6, 6.07) is 4.96. The molecule has 7 heteroatoms. The van der Waals surface area contributed by atoms with Crippen molar-refractivity contribution in [1.29, 1.82) is 0 Å². The van der Waals surface area contributed by atoms with Crippen molar-refractivity contribution in [2.75, 3.05) is 20.4 Å². The normalized spacial score (nSPS) is 13.3. The zero-order chi connectivity index (χ0) is 14.5. The maximum absolute atomic E-state index is 12.1. The first kappa shape index (κ1) is 16.8. The van der Waals surface area contributed by atoms with Gasteiger partial charge in [-0.1, -0.05) is 30.1 Å². The van der Waals surface area contributed by atoms with Crippen LogP contribution in [0.2, 0.25) is 10.0 Å². The smallest absolute Gasteiger partial charge is 0.333 e. The van der Waals surface area contributed by atoms with Crippen molar-refractivity contribution in [2.24, 2.45) is 0 Å². The van der Waals surface area contributed by atoms with Crippen LogP contribution in [0.3, 0.4) is 0 Å². The van der Waals surface area contributed by atoms with E-state index < -0.39 is 7.60 Å². The summed E-state index contributed by atoms with van der Waals surface area (Å²) >= 11 is 11.8. The van der Waals surface area contributed by atoms with E-state index in [9.17, 15) is 4.57 Å². The molecule has 0 saturated heterocycles. The number of halogens is 2. The fourth-order valence-electron chi connectivity index (χ4n) is 1.47. The van der Waals surface area contributed by atoms with Crippen molar-refractivity contribution in [3.63, 3.8) is 0 Å². The van der Waals surface area contributed by atoms with Crippen molar-refractivity contribution in [3.8, 4) is 5.75 Å². The molecule has 19 heavy (non-hydrogen) atoms. The first-order chi connectivity index (χ1) is 8.94. The Labute approximate surface area is 123 Å². The minimum absolute atomic E-state index is 0.162. The fourth-order valence-corrected chi connectivity index (χ4v) is 3.20. The van der Waals surface area contributed by atoms with Crippen LogP contribution in [0.5, 0.6) is 5.75 Å². The summed E-state index contributed by atoms with van der Waals surface area (Å²) in [5, 5.41) is 0.945. The van der Waals surface area contributed by atoms with Gasteiger partial charge in [0.2, 0.25) is 0 Å². The van der Waals surface area contributed by atoms with Crippen LogP contribution < -0.4 is 4.74 Å². The highest BCUT2D eigenvalue weighted by Gasteiger charge is 2.27. The highest BCUT2D eigenvalue weighted by Crippen LogP contribution is 2.47. The first-order valence-electron chi connectivity index (χ1n) is 5.76. The Hall–Kier alpha value is -0.250. The molecule has 0 aliphatic rings. The van der Waals surface area contributed by atoms with Crippen LogP contribution in [0.4, 0.5) is 0 Å². The summed E-state index contributed by atoms with van der Waals surface area (Å²) in [6.45, 7) is 1.92. The van der Waals surface area contributed by atoms with Gasteiger partial charge in [-0.15, -0.1) is 0 Å². The third kappa shape index (κ3) is 4.97. The summed E-state index contributed by atoms with van der Waals surface area (Å²) in [7, 11) is -0.403. The van der Waals surface area contributed by atoms with E-state index in [4.69, 9.17) is 37.0 Å². The van der Waals surface area contributed by atoms with Crippen LogP contribution in [-0.4, -0.2) is 26.5 Å². The minimum Gasteiger partial charge on any atom is -0.488 e. The molecule has 0 N–H and O–H groups in total. The number of ether oxygens (including phenoxy) is 1. The van der Waals surface area contributed by atoms with Gasteiger partial charge in [-0.25, -0.2) is 0 Å². The molecule has 1 aromatic rings. The lowest BCUT2D eigenvalue weighted by molar-refractivity contribution is 0.199. The Morgan fingerprint density at radius 1 is 1.26 bits per heavy atom. The molecular formula is C12H17Cl2O4P. The Kier molecular flexibility index (Phi) is 6.64. The number of rotatable bonds is 7. The predicted molar refractivity (Wildman–Crippen MR) is 77.7 cm³/mol. The molecule has 1 aromatic carbocycles. The molecule has 1 atom stereocenters. The second-order valence-electron chi connectivity index (χ2n) is 3.88. The van der Waals surface area contributed by atoms with Crippen LogP contribution in [0.15, 0.2) is 18.2 Å². The molecule has 108 valence electrons. The van der Waals surface area contributed by atoms with Crippen molar-refractivity contribution >= 4 is 30.8 Å². The Morgan fingerprint density at radius 2 is 1.89 bits per heavy atom. The van der Waals surface area contributed by atoms with Crippen molar-refractivity contribution in [1.82, 2.24) is 0 Å². The molecule has 4 nitrogen and oxygen atoms in total. The zero-order valence-electron chi connectivity index (χ0n) is 11.1. The van der Waals surface area contributed by atoms with Crippen LogP contribution in [-0.2, 0) is 13.6 Å². The molecule has 0 radical (unpaired) electrons. The summed E-state index contributed by atoms with van der Waals surface area (Å²) in [5.41, 5.74) is 0. The fraction of sp³-hybridized carbons (Fsp3) is 0.500. The van der Waals surface area contributed by atoms with Gasteiger partial charge < -0.3 is 13.8 Å². The topological polar surface area (TPSA) is 44.8 Å². The van der Waals surface area contributed by atoms with Gasteiger partial charge in [0.05, 0.1) is 11.2 Å². The van der Waals surface area contributed by atoms with Crippen LogP contribution in [0, 0.1) is 0 Å². The standard InChI is InChI=1S/C12H17Cl2O4P/c1-4-10(8-19(15,16-2)17-3)18-12-6-5-9(13)7-11(12)14/h5-7,10H,4,8H2,1-3H3. The SMILES string of the molecule is CCC(CP(=O)(OC)OC)Oc1ccc(Cl)cc1Cl. The Bertz CT molecular complexity index is 459. The third-order valence-corrected chi connectivity index (χ3v) is 5.12. The maximum Gasteiger partial charge on any atom is 0.333 e. The lowest BCUT2D eigenvalue weighted by Gasteiger charge is -2.22. The van der Waals surface area contributed by atoms with Gasteiger partial charge in [-0.3, -0.25) is 4.57 Å². The summed E-state index contributed by atoms with van der Waals surface area (Å²) in [4.78, 5) is 0. The molecule has 1 rings (SSSR count). The molecule has 0 amide bonds. The van der Waals surface area contributed by atoms with E-state index in [1.54, 1.807) is 18.2 Å². The Balaban J connectivity index is 2.79. The van der Waals surface area contributed by atoms with Crippen molar-refractivity contribution < 1.29 is 18.3 Å². The molecule has 0 aliphatic heterocycles. The van der Waals surface area contributed by atoms with Gasteiger partial charge in [-0.2, -0.15) is 0 Å². The zero-order valence-corrected chi connectivity index (χ0v) is 13.5. The predicted octanol–water partition coefficient (Wildman–Crippen LogP) is 4.64. The van der Waals surface area contributed by atoms with E-state index in [1.165, 1.54) is 14.2 Å². The first-order valence-corrected chi connectivity index (χ1v) is 8.24. The average molecular weight is 327 g/mol. The van der Waals surface area contributed by atoms with E-state index in [2.05, 4.69) is 0 Å². The molecule has 0 aromatic heterocycles. The minimum atomic E-state index is -3.11. The van der Waals surface area contributed by atoms with Crippen molar-refractivity contribution in [3.05, 3.63) is 28.2 Å². The van der Waals surface area contributed by atoms with E-state index in [0.717, 1.165) is 0 Å². The van der Waals surface area contributed by atoms with Crippen LogP contribution in [0.25, 0.3) is 0 Å². The molecule has 0 spiro atoms. The molecule has 0 aliphatic carbocycles. The van der Waals surface area contributed by atoms with Gasteiger partial charge in [0, 0.05) is 19.2 Å². The number of hydrogen-bond donors (Lipinski definition) is 0. The lowest BCUT2D eigenvalue weighted by atomic mass is 10.3. The highest BCUT2D eigenvalue weighted by atomic mass is 35.5. The molecule has 1 unspecified atom stereocenters. The largest absolute Gasteiger partial charge is 0.488 e. The van der Waals surface area contributed by atoms with Gasteiger partial charge in [0.25, 0.3) is 0 Å². The van der Waals surface area contributed by atoms with E-state index in [-0.39, 0.29) is 12.3 Å². The molecule has 0 heterocycles. The second-order valence-corrected chi connectivity index (χ2v) is 7.04. The summed E-state index contributed by atoms with van der Waals surface area (Å²) in [5.74, 6) is 0.497. The summed E-state index contributed by atoms with van der Waals surface area (Å²) in [6.07, 6.45) is 0.495. The molecule has 0 fully saturated rings. The summed E-state index contributed by atoms with van der Waals surface area (Å²) < 4.78 is 27.6. The maximum atomic E-state index is 12.1. The second kappa shape index (κ2) is 7.51. The van der Waals surface area contributed by atoms with Crippen LogP contribution in [0.1, 0.15) is 13.3 Å². The third-order valence-electron chi connectivity index (χ3n) is 2.63.